The van der Waals surface area contributed by atoms with Gasteiger partial charge in [0.1, 0.15) is 0 Å². The molecular formula is C24H24N4O2. The van der Waals surface area contributed by atoms with Crippen LogP contribution in [0.25, 0.3) is 5.69 Å². The van der Waals surface area contributed by atoms with Gasteiger partial charge in [-0.05, 0) is 74.4 Å². The van der Waals surface area contributed by atoms with Crippen molar-refractivity contribution in [1.29, 1.82) is 0 Å². The zero-order valence-electron chi connectivity index (χ0n) is 17.0. The van der Waals surface area contributed by atoms with Crippen molar-refractivity contribution in [2.24, 2.45) is 0 Å². The minimum atomic E-state index is -0.182. The molecule has 2 amide bonds. The van der Waals surface area contributed by atoms with Crippen LogP contribution in [0.3, 0.4) is 0 Å². The molecular weight excluding hydrogens is 376 g/mol. The summed E-state index contributed by atoms with van der Waals surface area (Å²) in [7, 11) is 0. The second-order valence-corrected chi connectivity index (χ2v) is 8.05. The molecule has 0 unspecified atom stereocenters. The second kappa shape index (κ2) is 7.44. The van der Waals surface area contributed by atoms with Crippen LogP contribution in [0.4, 0.5) is 11.4 Å². The van der Waals surface area contributed by atoms with E-state index in [0.717, 1.165) is 71.6 Å². The number of fused-ring (bicyclic) bond motifs is 2. The molecule has 0 spiro atoms. The van der Waals surface area contributed by atoms with Crippen LogP contribution in [0.1, 0.15) is 52.1 Å². The Morgan fingerprint density at radius 3 is 2.77 bits per heavy atom. The Balaban J connectivity index is 1.45. The number of nitrogens with one attached hydrogen (secondary N) is 2. The fourth-order valence-electron chi connectivity index (χ4n) is 4.46. The number of rotatable bonds is 3. The molecule has 0 fully saturated rings. The monoisotopic (exact) mass is 400 g/mol. The van der Waals surface area contributed by atoms with Gasteiger partial charge in [0.25, 0.3) is 5.91 Å². The largest absolute Gasteiger partial charge is 0.326 e. The molecule has 5 rings (SSSR count). The number of carbonyl (C=O) groups excluding carboxylic acids is 2. The van der Waals surface area contributed by atoms with Crippen LogP contribution >= 0.6 is 0 Å². The van der Waals surface area contributed by atoms with Gasteiger partial charge in [-0.3, -0.25) is 9.59 Å². The first-order valence-electron chi connectivity index (χ1n) is 10.5. The minimum absolute atomic E-state index is 0.0443. The third kappa shape index (κ3) is 3.28. The van der Waals surface area contributed by atoms with Crippen LogP contribution in [0.15, 0.2) is 42.5 Å². The molecule has 2 N–H and O–H groups in total. The highest BCUT2D eigenvalue weighted by Crippen LogP contribution is 2.30. The van der Waals surface area contributed by atoms with Gasteiger partial charge < -0.3 is 10.6 Å². The van der Waals surface area contributed by atoms with Crippen molar-refractivity contribution in [3.63, 3.8) is 0 Å². The van der Waals surface area contributed by atoms with Gasteiger partial charge in [-0.25, -0.2) is 4.68 Å². The Bertz CT molecular complexity index is 1160. The number of aromatic nitrogens is 2. The normalized spacial score (nSPS) is 15.2. The topological polar surface area (TPSA) is 76.0 Å². The zero-order chi connectivity index (χ0) is 20.7. The lowest BCUT2D eigenvalue weighted by molar-refractivity contribution is -0.116. The number of aryl methyl sites for hydroxylation is 2. The summed E-state index contributed by atoms with van der Waals surface area (Å²) in [5.41, 5.74) is 7.47. The fourth-order valence-corrected chi connectivity index (χ4v) is 4.46. The summed E-state index contributed by atoms with van der Waals surface area (Å²) in [5, 5.41) is 10.7. The van der Waals surface area contributed by atoms with Crippen molar-refractivity contribution < 1.29 is 9.59 Å². The molecule has 3 aromatic rings. The molecule has 2 heterocycles. The molecule has 0 bridgehead atoms. The van der Waals surface area contributed by atoms with Crippen molar-refractivity contribution in [2.75, 3.05) is 10.6 Å². The fraction of sp³-hybridized carbons (Fsp3) is 0.292. The number of nitrogens with zero attached hydrogens (tertiary/aromatic N) is 2. The second-order valence-electron chi connectivity index (χ2n) is 8.05. The average molecular weight is 400 g/mol. The van der Waals surface area contributed by atoms with Crippen LogP contribution < -0.4 is 10.6 Å². The molecule has 152 valence electrons. The van der Waals surface area contributed by atoms with E-state index in [1.165, 1.54) is 0 Å². The third-order valence-electron chi connectivity index (χ3n) is 5.98. The van der Waals surface area contributed by atoms with E-state index < -0.39 is 0 Å². The molecule has 6 heteroatoms. The Morgan fingerprint density at radius 2 is 1.90 bits per heavy atom. The van der Waals surface area contributed by atoms with Gasteiger partial charge in [0.2, 0.25) is 5.91 Å². The number of benzene rings is 2. The first kappa shape index (κ1) is 18.6. The SMILES string of the molecule is Cc1ccccc1-n1nc(C(=O)Nc2ccc3c(c2)CCCC(=O)N3)c2c1CCC2. The van der Waals surface area contributed by atoms with Crippen molar-refractivity contribution in [1.82, 2.24) is 9.78 Å². The minimum Gasteiger partial charge on any atom is -0.326 e. The molecule has 2 aromatic carbocycles. The lowest BCUT2D eigenvalue weighted by Crippen LogP contribution is -2.15. The molecule has 1 aliphatic heterocycles. The van der Waals surface area contributed by atoms with Crippen LogP contribution in [-0.4, -0.2) is 21.6 Å². The summed E-state index contributed by atoms with van der Waals surface area (Å²) < 4.78 is 1.94. The quantitative estimate of drug-likeness (QED) is 0.692. The van der Waals surface area contributed by atoms with Crippen LogP contribution in [-0.2, 0) is 24.1 Å². The van der Waals surface area contributed by atoms with E-state index in [9.17, 15) is 9.59 Å². The van der Waals surface area contributed by atoms with E-state index >= 15 is 0 Å². The van der Waals surface area contributed by atoms with Gasteiger partial charge in [0.15, 0.2) is 5.69 Å². The molecule has 1 aromatic heterocycles. The lowest BCUT2D eigenvalue weighted by atomic mass is 10.1. The van der Waals surface area contributed by atoms with E-state index in [0.29, 0.717) is 12.1 Å². The van der Waals surface area contributed by atoms with E-state index in [2.05, 4.69) is 23.6 Å². The molecule has 2 aliphatic rings. The van der Waals surface area contributed by atoms with E-state index in [-0.39, 0.29) is 11.8 Å². The van der Waals surface area contributed by atoms with Gasteiger partial charge in [-0.2, -0.15) is 5.10 Å². The summed E-state index contributed by atoms with van der Waals surface area (Å²) in [4.78, 5) is 24.9. The van der Waals surface area contributed by atoms with E-state index in [1.54, 1.807) is 0 Å². The Hall–Kier alpha value is -3.41. The maximum Gasteiger partial charge on any atom is 0.276 e. The van der Waals surface area contributed by atoms with Gasteiger partial charge in [0, 0.05) is 29.1 Å². The Morgan fingerprint density at radius 1 is 1.07 bits per heavy atom. The number of hydrogen-bond acceptors (Lipinski definition) is 3. The molecule has 6 nitrogen and oxygen atoms in total. The van der Waals surface area contributed by atoms with E-state index in [1.807, 2.05) is 41.1 Å². The molecule has 30 heavy (non-hydrogen) atoms. The molecule has 0 atom stereocenters. The highest BCUT2D eigenvalue weighted by Gasteiger charge is 2.27. The number of para-hydroxylation sites is 1. The maximum absolute atomic E-state index is 13.1. The highest BCUT2D eigenvalue weighted by molar-refractivity contribution is 6.04. The summed E-state index contributed by atoms with van der Waals surface area (Å²) in [6.45, 7) is 2.06. The predicted octanol–water partition coefficient (Wildman–Crippen LogP) is 4.20. The lowest BCUT2D eigenvalue weighted by Gasteiger charge is -2.10. The number of anilines is 2. The molecule has 0 saturated heterocycles. The summed E-state index contributed by atoms with van der Waals surface area (Å²) >= 11 is 0. The van der Waals surface area contributed by atoms with Crippen molar-refractivity contribution in [3.8, 4) is 5.69 Å². The Labute approximate surface area is 175 Å². The van der Waals surface area contributed by atoms with Gasteiger partial charge in [-0.15, -0.1) is 0 Å². The van der Waals surface area contributed by atoms with Gasteiger partial charge >= 0.3 is 0 Å². The van der Waals surface area contributed by atoms with Gasteiger partial charge in [-0.1, -0.05) is 18.2 Å². The molecule has 1 aliphatic carbocycles. The van der Waals surface area contributed by atoms with Crippen molar-refractivity contribution >= 4 is 23.2 Å². The zero-order valence-corrected chi connectivity index (χ0v) is 17.0. The summed E-state index contributed by atoms with van der Waals surface area (Å²) in [5.74, 6) is -0.138. The predicted molar refractivity (Wildman–Crippen MR) is 116 cm³/mol. The van der Waals surface area contributed by atoms with Crippen molar-refractivity contribution in [2.45, 2.75) is 45.4 Å². The van der Waals surface area contributed by atoms with E-state index in [4.69, 9.17) is 5.10 Å². The average Bonchev–Trinajstić information content (AvgIpc) is 3.28. The summed E-state index contributed by atoms with van der Waals surface area (Å²) in [6.07, 6.45) is 5.00. The Kier molecular flexibility index (Phi) is 4.62. The van der Waals surface area contributed by atoms with Gasteiger partial charge in [0.05, 0.1) is 5.69 Å². The highest BCUT2D eigenvalue weighted by atomic mass is 16.2. The smallest absolute Gasteiger partial charge is 0.276 e. The standard InChI is InChI=1S/C24H24N4O2/c1-15-6-2-3-9-20(15)28-21-10-5-8-18(21)23(27-28)24(30)25-17-12-13-19-16(14-17)7-4-11-22(29)26-19/h2-3,6,9,12-14H,4-5,7-8,10-11H2,1H3,(H,25,30)(H,26,29). The van der Waals surface area contributed by atoms with Crippen LogP contribution in [0.2, 0.25) is 0 Å². The number of hydrogen-bond donors (Lipinski definition) is 2. The number of carbonyl (C=O) groups is 2. The van der Waals surface area contributed by atoms with Crippen LogP contribution in [0, 0.1) is 6.92 Å². The first-order valence-corrected chi connectivity index (χ1v) is 10.5. The van der Waals surface area contributed by atoms with Crippen LogP contribution in [0.5, 0.6) is 0 Å². The molecule has 0 saturated carbocycles. The first-order chi connectivity index (χ1) is 14.6. The van der Waals surface area contributed by atoms with Crippen molar-refractivity contribution in [3.05, 3.63) is 70.5 Å². The number of amides is 2. The molecule has 0 radical (unpaired) electrons. The maximum atomic E-state index is 13.1. The summed E-state index contributed by atoms with van der Waals surface area (Å²) in [6, 6.07) is 13.8. The third-order valence-corrected chi connectivity index (χ3v) is 5.98.